The van der Waals surface area contributed by atoms with Crippen molar-refractivity contribution in [3.05, 3.63) is 62.4 Å². The second-order valence-corrected chi connectivity index (χ2v) is 3.81. The predicted octanol–water partition coefficient (Wildman–Crippen LogP) is 1.14. The molecule has 1 aromatic heterocycles. The minimum atomic E-state index is -0.610. The summed E-state index contributed by atoms with van der Waals surface area (Å²) < 4.78 is 1.35. The van der Waals surface area contributed by atoms with E-state index in [2.05, 4.69) is 4.98 Å². The highest BCUT2D eigenvalue weighted by molar-refractivity contribution is 5.39. The SMILES string of the molecule is Cc1cc(C)cc(-n2cc[nH]c(=O)c2=O)c1. The fourth-order valence-corrected chi connectivity index (χ4v) is 1.72. The monoisotopic (exact) mass is 216 g/mol. The zero-order valence-electron chi connectivity index (χ0n) is 9.15. The van der Waals surface area contributed by atoms with Gasteiger partial charge in [-0.3, -0.25) is 14.2 Å². The lowest BCUT2D eigenvalue weighted by molar-refractivity contribution is 0.924. The molecule has 1 heterocycles. The number of nitrogens with one attached hydrogen (secondary N) is 1. The van der Waals surface area contributed by atoms with Gasteiger partial charge in [0.25, 0.3) is 0 Å². The van der Waals surface area contributed by atoms with Gasteiger partial charge in [-0.1, -0.05) is 6.07 Å². The number of hydrogen-bond acceptors (Lipinski definition) is 2. The van der Waals surface area contributed by atoms with Crippen molar-refractivity contribution in [1.29, 1.82) is 0 Å². The zero-order valence-corrected chi connectivity index (χ0v) is 9.15. The summed E-state index contributed by atoms with van der Waals surface area (Å²) in [7, 11) is 0. The molecule has 1 N–H and O–H groups in total. The average Bonchev–Trinajstić information content (AvgIpc) is 2.20. The third-order valence-corrected chi connectivity index (χ3v) is 2.34. The lowest BCUT2D eigenvalue weighted by atomic mass is 10.1. The Balaban J connectivity index is 2.73. The van der Waals surface area contributed by atoms with Gasteiger partial charge in [0.05, 0.1) is 0 Å². The molecule has 0 unspecified atom stereocenters. The second-order valence-electron chi connectivity index (χ2n) is 3.81. The van der Waals surface area contributed by atoms with Gasteiger partial charge < -0.3 is 4.98 Å². The molecule has 0 radical (unpaired) electrons. The third-order valence-electron chi connectivity index (χ3n) is 2.34. The number of aryl methyl sites for hydroxylation is 2. The van der Waals surface area contributed by atoms with Crippen LogP contribution in [0.3, 0.4) is 0 Å². The smallest absolute Gasteiger partial charge is 0.320 e. The van der Waals surface area contributed by atoms with Crippen LogP contribution in [0.1, 0.15) is 11.1 Å². The molecule has 0 aliphatic carbocycles. The first-order valence-electron chi connectivity index (χ1n) is 4.97. The summed E-state index contributed by atoms with van der Waals surface area (Å²) in [4.78, 5) is 25.2. The van der Waals surface area contributed by atoms with Crippen molar-refractivity contribution in [3.8, 4) is 5.69 Å². The van der Waals surface area contributed by atoms with Crippen LogP contribution in [0.4, 0.5) is 0 Å². The van der Waals surface area contributed by atoms with Crippen LogP contribution in [0.5, 0.6) is 0 Å². The van der Waals surface area contributed by atoms with E-state index in [1.54, 1.807) is 6.20 Å². The Kier molecular flexibility index (Phi) is 2.48. The summed E-state index contributed by atoms with van der Waals surface area (Å²) in [5, 5.41) is 0. The van der Waals surface area contributed by atoms with Crippen LogP contribution in [-0.2, 0) is 0 Å². The fraction of sp³-hybridized carbons (Fsp3) is 0.167. The van der Waals surface area contributed by atoms with Crippen LogP contribution in [-0.4, -0.2) is 9.55 Å². The summed E-state index contributed by atoms with van der Waals surface area (Å²) in [5.41, 5.74) is 1.66. The molecule has 0 amide bonds. The number of hydrogen-bond donors (Lipinski definition) is 1. The molecule has 2 rings (SSSR count). The molecule has 2 aromatic rings. The third kappa shape index (κ3) is 1.82. The summed E-state index contributed by atoms with van der Waals surface area (Å²) in [6.45, 7) is 3.91. The summed E-state index contributed by atoms with van der Waals surface area (Å²) in [5.74, 6) is 0. The topological polar surface area (TPSA) is 54.9 Å². The number of aromatic amines is 1. The van der Waals surface area contributed by atoms with Gasteiger partial charge in [0.1, 0.15) is 0 Å². The van der Waals surface area contributed by atoms with E-state index in [-0.39, 0.29) is 0 Å². The van der Waals surface area contributed by atoms with Crippen molar-refractivity contribution in [2.75, 3.05) is 0 Å². The highest BCUT2D eigenvalue weighted by Gasteiger charge is 2.03. The number of nitrogens with zero attached hydrogens (tertiary/aromatic N) is 1. The molecular weight excluding hydrogens is 204 g/mol. The maximum atomic E-state index is 11.6. The summed E-state index contributed by atoms with van der Waals surface area (Å²) in [6, 6.07) is 5.75. The Morgan fingerprint density at radius 1 is 1.06 bits per heavy atom. The number of rotatable bonds is 1. The van der Waals surface area contributed by atoms with E-state index in [0.29, 0.717) is 5.69 Å². The van der Waals surface area contributed by atoms with Crippen LogP contribution in [0, 0.1) is 13.8 Å². The molecule has 0 fully saturated rings. The minimum Gasteiger partial charge on any atom is -0.323 e. The van der Waals surface area contributed by atoms with Gasteiger partial charge in [-0.05, 0) is 37.1 Å². The van der Waals surface area contributed by atoms with Gasteiger partial charge in [-0.25, -0.2) is 0 Å². The summed E-state index contributed by atoms with van der Waals surface area (Å²) >= 11 is 0. The molecule has 4 heteroatoms. The lowest BCUT2D eigenvalue weighted by Crippen LogP contribution is -2.34. The van der Waals surface area contributed by atoms with E-state index < -0.39 is 11.1 Å². The first kappa shape index (κ1) is 10.4. The highest BCUT2D eigenvalue weighted by atomic mass is 16.2. The van der Waals surface area contributed by atoms with Gasteiger partial charge in [-0.15, -0.1) is 0 Å². The fourth-order valence-electron chi connectivity index (χ4n) is 1.72. The van der Waals surface area contributed by atoms with Crippen molar-refractivity contribution in [3.63, 3.8) is 0 Å². The average molecular weight is 216 g/mol. The normalized spacial score (nSPS) is 10.4. The van der Waals surface area contributed by atoms with Gasteiger partial charge in [-0.2, -0.15) is 0 Å². The van der Waals surface area contributed by atoms with Gasteiger partial charge >= 0.3 is 11.1 Å². The van der Waals surface area contributed by atoms with Crippen LogP contribution in [0.25, 0.3) is 5.69 Å². The maximum absolute atomic E-state index is 11.6. The minimum absolute atomic E-state index is 0.562. The Morgan fingerprint density at radius 2 is 1.69 bits per heavy atom. The molecular formula is C12H12N2O2. The van der Waals surface area contributed by atoms with Crippen LogP contribution in [0.2, 0.25) is 0 Å². The molecule has 1 aromatic carbocycles. The van der Waals surface area contributed by atoms with Crippen molar-refractivity contribution in [2.24, 2.45) is 0 Å². The highest BCUT2D eigenvalue weighted by Crippen LogP contribution is 2.10. The number of benzene rings is 1. The molecule has 82 valence electrons. The van der Waals surface area contributed by atoms with Crippen LogP contribution < -0.4 is 11.1 Å². The Bertz CT molecular complexity index is 618. The Hall–Kier alpha value is -2.10. The lowest BCUT2D eigenvalue weighted by Gasteiger charge is -2.06. The second kappa shape index (κ2) is 3.81. The van der Waals surface area contributed by atoms with Crippen molar-refractivity contribution in [2.45, 2.75) is 13.8 Å². The van der Waals surface area contributed by atoms with E-state index in [0.717, 1.165) is 11.1 Å². The zero-order chi connectivity index (χ0) is 11.7. The Morgan fingerprint density at radius 3 is 2.31 bits per heavy atom. The molecule has 0 bridgehead atoms. The van der Waals surface area contributed by atoms with E-state index in [1.165, 1.54) is 10.8 Å². The maximum Gasteiger partial charge on any atom is 0.320 e. The molecule has 0 atom stereocenters. The quantitative estimate of drug-likeness (QED) is 0.727. The first-order valence-corrected chi connectivity index (χ1v) is 4.97. The van der Waals surface area contributed by atoms with E-state index in [4.69, 9.17) is 0 Å². The molecule has 0 spiro atoms. The van der Waals surface area contributed by atoms with Crippen LogP contribution in [0.15, 0.2) is 40.2 Å². The Labute approximate surface area is 92.2 Å². The molecule has 0 aliphatic heterocycles. The van der Waals surface area contributed by atoms with Crippen molar-refractivity contribution < 1.29 is 0 Å². The van der Waals surface area contributed by atoms with Gasteiger partial charge in [0, 0.05) is 18.1 Å². The predicted molar refractivity (Wildman–Crippen MR) is 62.1 cm³/mol. The molecule has 0 aliphatic rings. The van der Waals surface area contributed by atoms with Crippen molar-refractivity contribution in [1.82, 2.24) is 9.55 Å². The number of H-pyrrole nitrogens is 1. The van der Waals surface area contributed by atoms with Gasteiger partial charge in [0.2, 0.25) is 0 Å². The van der Waals surface area contributed by atoms with E-state index in [1.807, 2.05) is 32.0 Å². The molecule has 0 saturated carbocycles. The molecule has 16 heavy (non-hydrogen) atoms. The first-order chi connectivity index (χ1) is 7.58. The number of aromatic nitrogens is 2. The summed E-state index contributed by atoms with van der Waals surface area (Å²) in [6.07, 6.45) is 3.01. The van der Waals surface area contributed by atoms with Gasteiger partial charge in [0.15, 0.2) is 0 Å². The molecule has 4 nitrogen and oxygen atoms in total. The van der Waals surface area contributed by atoms with E-state index >= 15 is 0 Å². The van der Waals surface area contributed by atoms with Crippen LogP contribution >= 0.6 is 0 Å². The van der Waals surface area contributed by atoms with Crippen molar-refractivity contribution >= 4 is 0 Å². The largest absolute Gasteiger partial charge is 0.323 e. The standard InChI is InChI=1S/C12H12N2O2/c1-8-5-9(2)7-10(6-8)14-4-3-13-11(15)12(14)16/h3-7H,1-2H3,(H,13,15). The molecule has 0 saturated heterocycles. The van der Waals surface area contributed by atoms with E-state index in [9.17, 15) is 9.59 Å².